The highest BCUT2D eigenvalue weighted by Gasteiger charge is 1.87. The maximum Gasteiger partial charge on any atom is 0.0774 e. The topological polar surface area (TPSA) is 0 Å². The first-order valence-electron chi connectivity index (χ1n) is 3.17. The molecule has 1 aromatic carbocycles. The third kappa shape index (κ3) is 2.68. The van der Waals surface area contributed by atoms with Gasteiger partial charge in [-0.1, -0.05) is 29.8 Å². The Kier molecular flexibility index (Phi) is 4.68. The summed E-state index contributed by atoms with van der Waals surface area (Å²) in [7, 11) is 1.99. The zero-order valence-electron chi connectivity index (χ0n) is 6.10. The van der Waals surface area contributed by atoms with E-state index in [-0.39, 0.29) is 12.4 Å². The summed E-state index contributed by atoms with van der Waals surface area (Å²) in [5.41, 5.74) is 2.77. The molecule has 0 aliphatic heterocycles. The molecule has 1 atom stereocenters. The quantitative estimate of drug-likeness (QED) is 0.485. The number of aryl methyl sites for hydroxylation is 1. The van der Waals surface area contributed by atoms with Gasteiger partial charge in [-0.2, -0.15) is 0 Å². The van der Waals surface area contributed by atoms with Gasteiger partial charge in [0.25, 0.3) is 0 Å². The largest absolute Gasteiger partial charge is 1.00 e. The van der Waals surface area contributed by atoms with Crippen LogP contribution in [-0.4, -0.2) is 0 Å². The fraction of sp³-hybridized carbons (Fsp3) is 0.250. The molecule has 0 amide bonds. The molecule has 0 aliphatic rings. The van der Waals surface area contributed by atoms with Gasteiger partial charge in [0, 0.05) is 0 Å². The Bertz CT molecular complexity index is 181. The zero-order chi connectivity index (χ0) is 6.69. The summed E-state index contributed by atoms with van der Waals surface area (Å²) in [6, 6.07) is 8.68. The fourth-order valence-corrected chi connectivity index (χ4v) is 1.09. The maximum atomic E-state index is 2.18. The van der Waals surface area contributed by atoms with Crippen LogP contribution < -0.4 is 12.4 Å². The summed E-state index contributed by atoms with van der Waals surface area (Å²) < 4.78 is 0. The van der Waals surface area contributed by atoms with Gasteiger partial charge >= 0.3 is 0 Å². The summed E-state index contributed by atoms with van der Waals surface area (Å²) in [6.45, 7) is 2.11. The molecule has 0 aliphatic carbocycles. The fourth-order valence-electron chi connectivity index (χ4n) is 0.755. The van der Waals surface area contributed by atoms with E-state index in [0.29, 0.717) is 0 Å². The monoisotopic (exact) mass is 174 g/mol. The summed E-state index contributed by atoms with van der Waals surface area (Å²) in [5.74, 6) is 0. The van der Waals surface area contributed by atoms with E-state index in [1.165, 1.54) is 17.3 Å². The van der Waals surface area contributed by atoms with Gasteiger partial charge in [-0.25, -0.2) is 0 Å². The van der Waals surface area contributed by atoms with Crippen LogP contribution in [0.3, 0.4) is 0 Å². The molecular weight excluding hydrogens is 163 g/mol. The normalized spacial score (nSPS) is 8.90. The van der Waals surface area contributed by atoms with E-state index >= 15 is 0 Å². The Morgan fingerprint density at radius 2 is 1.70 bits per heavy atom. The van der Waals surface area contributed by atoms with E-state index in [4.69, 9.17) is 0 Å². The molecule has 0 nitrogen and oxygen atoms in total. The molecule has 0 bridgehead atoms. The number of benzene rings is 1. The summed E-state index contributed by atoms with van der Waals surface area (Å²) >= 11 is 0. The van der Waals surface area contributed by atoms with Gasteiger partial charge in [0.15, 0.2) is 0 Å². The third-order valence-corrected chi connectivity index (χ3v) is 1.99. The molecule has 1 aromatic rings. The minimum absolute atomic E-state index is 0. The first kappa shape index (κ1) is 9.94. The van der Waals surface area contributed by atoms with Crippen LogP contribution in [0.4, 0.5) is 0 Å². The van der Waals surface area contributed by atoms with Crippen LogP contribution in [0.15, 0.2) is 24.3 Å². The van der Waals surface area contributed by atoms with E-state index in [2.05, 4.69) is 31.2 Å². The second-order valence-corrected chi connectivity index (χ2v) is 2.74. The molecule has 0 spiro atoms. The number of hydrogen-bond acceptors (Lipinski definition) is 0. The van der Waals surface area contributed by atoms with Crippen LogP contribution in [-0.2, 0) is 6.16 Å². The second kappa shape index (κ2) is 4.71. The van der Waals surface area contributed by atoms with Crippen molar-refractivity contribution < 1.29 is 12.4 Å². The van der Waals surface area contributed by atoms with Gasteiger partial charge in [-0.3, -0.25) is 0 Å². The highest BCUT2D eigenvalue weighted by atomic mass is 35.5. The van der Waals surface area contributed by atoms with E-state index in [9.17, 15) is 0 Å². The van der Waals surface area contributed by atoms with Crippen molar-refractivity contribution in [3.63, 3.8) is 0 Å². The molecule has 1 rings (SSSR count). The Hall–Kier alpha value is -0.0600. The molecule has 0 saturated carbocycles. The Morgan fingerprint density at radius 3 is 2.10 bits per heavy atom. The molecule has 2 heteroatoms. The summed E-state index contributed by atoms with van der Waals surface area (Å²) in [5, 5.41) is 0. The van der Waals surface area contributed by atoms with E-state index in [1.807, 2.05) is 9.24 Å². The Balaban J connectivity index is 0.000000810. The first-order valence-corrected chi connectivity index (χ1v) is 4.17. The number of halogens is 1. The SMILES string of the molecule is Cc1ccc(C[PH3+])cc1.[Cl-]. The van der Waals surface area contributed by atoms with Crippen molar-refractivity contribution in [1.82, 2.24) is 0 Å². The van der Waals surface area contributed by atoms with Crippen molar-refractivity contribution in [1.29, 1.82) is 0 Å². The lowest BCUT2D eigenvalue weighted by molar-refractivity contribution is -0.00000186. The molecule has 10 heavy (non-hydrogen) atoms. The lowest BCUT2D eigenvalue weighted by Crippen LogP contribution is -3.00. The molecule has 0 heterocycles. The van der Waals surface area contributed by atoms with Gasteiger partial charge in [0.1, 0.15) is 0 Å². The summed E-state index contributed by atoms with van der Waals surface area (Å²) in [4.78, 5) is 0. The average Bonchev–Trinajstić information content (AvgIpc) is 1.90. The number of hydrogen-bond donors (Lipinski definition) is 0. The minimum atomic E-state index is 0. The van der Waals surface area contributed by atoms with Crippen molar-refractivity contribution in [2.45, 2.75) is 13.1 Å². The summed E-state index contributed by atoms with van der Waals surface area (Å²) in [6.07, 6.45) is 1.17. The molecular formula is C8H12ClP. The molecule has 0 saturated heterocycles. The zero-order valence-corrected chi connectivity index (χ0v) is 8.27. The van der Waals surface area contributed by atoms with Crippen LogP contribution in [0.5, 0.6) is 0 Å². The second-order valence-electron chi connectivity index (χ2n) is 2.24. The van der Waals surface area contributed by atoms with Gasteiger partial charge in [0.2, 0.25) is 0 Å². The highest BCUT2D eigenvalue weighted by Crippen LogP contribution is 2.06. The lowest BCUT2D eigenvalue weighted by atomic mass is 10.2. The van der Waals surface area contributed by atoms with Crippen LogP contribution in [0.25, 0.3) is 0 Å². The first-order chi connectivity index (χ1) is 4.33. The maximum absolute atomic E-state index is 2.18. The van der Waals surface area contributed by atoms with E-state index in [0.717, 1.165) is 0 Å². The van der Waals surface area contributed by atoms with Crippen LogP contribution in [0.2, 0.25) is 0 Å². The molecule has 1 unspecified atom stereocenters. The van der Waals surface area contributed by atoms with Crippen LogP contribution in [0, 0.1) is 6.92 Å². The number of rotatable bonds is 1. The van der Waals surface area contributed by atoms with Gasteiger partial charge in [0.05, 0.1) is 6.16 Å². The van der Waals surface area contributed by atoms with Crippen molar-refractivity contribution in [3.05, 3.63) is 35.4 Å². The van der Waals surface area contributed by atoms with Crippen LogP contribution in [0.1, 0.15) is 11.1 Å². The van der Waals surface area contributed by atoms with Crippen molar-refractivity contribution >= 4 is 9.24 Å². The Morgan fingerprint density at radius 1 is 1.20 bits per heavy atom. The van der Waals surface area contributed by atoms with E-state index < -0.39 is 0 Å². The average molecular weight is 175 g/mol. The Labute approximate surface area is 70.6 Å². The van der Waals surface area contributed by atoms with Gasteiger partial charge in [-0.05, 0) is 21.7 Å². The molecule has 0 aromatic heterocycles. The van der Waals surface area contributed by atoms with E-state index in [1.54, 1.807) is 0 Å². The lowest BCUT2D eigenvalue weighted by Gasteiger charge is -1.92. The molecule has 56 valence electrons. The standard InChI is InChI=1S/C8H11P.ClH/c1-7-2-4-8(6-9)5-3-7;/h2-5H,6,9H2,1H3;1H. The smallest absolute Gasteiger partial charge is 0.0774 e. The van der Waals surface area contributed by atoms with Crippen molar-refractivity contribution in [3.8, 4) is 0 Å². The predicted molar refractivity (Wildman–Crippen MR) is 46.0 cm³/mol. The van der Waals surface area contributed by atoms with Crippen molar-refractivity contribution in [2.75, 3.05) is 0 Å². The minimum Gasteiger partial charge on any atom is -1.00 e. The van der Waals surface area contributed by atoms with Gasteiger partial charge in [-0.15, -0.1) is 0 Å². The highest BCUT2D eigenvalue weighted by molar-refractivity contribution is 7.15. The molecule has 0 radical (unpaired) electrons. The predicted octanol–water partition coefficient (Wildman–Crippen LogP) is -0.894. The third-order valence-electron chi connectivity index (χ3n) is 1.41. The van der Waals surface area contributed by atoms with Crippen molar-refractivity contribution in [2.24, 2.45) is 0 Å². The molecule has 0 fully saturated rings. The van der Waals surface area contributed by atoms with Crippen LogP contribution >= 0.6 is 9.24 Å². The van der Waals surface area contributed by atoms with Gasteiger partial charge < -0.3 is 12.4 Å². The molecule has 0 N–H and O–H groups in total.